The minimum atomic E-state index is -3.91. The van der Waals surface area contributed by atoms with Crippen LogP contribution in [0.3, 0.4) is 0 Å². The maximum absolute atomic E-state index is 14.0. The van der Waals surface area contributed by atoms with Crippen molar-refractivity contribution in [3.8, 4) is 11.5 Å². The van der Waals surface area contributed by atoms with E-state index in [4.69, 9.17) is 14.2 Å². The predicted molar refractivity (Wildman–Crippen MR) is 132 cm³/mol. The molecule has 7 nitrogen and oxygen atoms in total. The Balaban J connectivity index is 1.93. The third kappa shape index (κ3) is 6.82. The van der Waals surface area contributed by atoms with Crippen LogP contribution in [-0.4, -0.2) is 56.1 Å². The van der Waals surface area contributed by atoms with Crippen LogP contribution in [0.1, 0.15) is 36.8 Å². The number of ether oxygens (including phenoxy) is 3. The van der Waals surface area contributed by atoms with Crippen LogP contribution in [0, 0.1) is 0 Å². The molecule has 8 heteroatoms. The summed E-state index contributed by atoms with van der Waals surface area (Å²) in [4.78, 5) is 0. The Morgan fingerprint density at radius 3 is 2.00 bits per heavy atom. The summed E-state index contributed by atoms with van der Waals surface area (Å²) >= 11 is 0. The molecule has 3 rings (SSSR count). The van der Waals surface area contributed by atoms with Crippen LogP contribution < -0.4 is 9.47 Å². The van der Waals surface area contributed by atoms with Crippen LogP contribution in [0.5, 0.6) is 11.5 Å². The molecule has 0 amide bonds. The summed E-state index contributed by atoms with van der Waals surface area (Å²) in [6.07, 6.45) is 2.44. The Hall–Kier alpha value is -2.39. The van der Waals surface area contributed by atoms with Gasteiger partial charge in [-0.3, -0.25) is 0 Å². The smallest absolute Gasteiger partial charge is 0.220 e. The molecule has 1 saturated heterocycles. The quantitative estimate of drug-likeness (QED) is 0.430. The van der Waals surface area contributed by atoms with E-state index in [0.717, 1.165) is 24.0 Å². The van der Waals surface area contributed by atoms with Gasteiger partial charge in [-0.25, -0.2) is 8.42 Å². The molecule has 1 fully saturated rings. The largest absolute Gasteiger partial charge is 0.497 e. The zero-order valence-electron chi connectivity index (χ0n) is 19.9. The van der Waals surface area contributed by atoms with Crippen LogP contribution in [0.15, 0.2) is 61.2 Å². The third-order valence-corrected chi connectivity index (χ3v) is 8.38. The van der Waals surface area contributed by atoms with Crippen molar-refractivity contribution in [2.75, 3.05) is 20.8 Å². The lowest BCUT2D eigenvalue weighted by Gasteiger charge is -2.31. The first-order valence-electron chi connectivity index (χ1n) is 11.5. The highest BCUT2D eigenvalue weighted by Gasteiger charge is 2.39. The van der Waals surface area contributed by atoms with E-state index in [9.17, 15) is 13.5 Å². The van der Waals surface area contributed by atoms with Gasteiger partial charge in [-0.15, -0.1) is 6.58 Å². The van der Waals surface area contributed by atoms with Gasteiger partial charge in [-0.05, 0) is 61.1 Å². The molecule has 0 unspecified atom stereocenters. The number of hydrogen-bond donors (Lipinski definition) is 1. The van der Waals surface area contributed by atoms with Crippen LogP contribution in [0.25, 0.3) is 0 Å². The second kappa shape index (κ2) is 12.4. The van der Waals surface area contributed by atoms with E-state index in [2.05, 4.69) is 6.58 Å². The molecule has 1 aliphatic rings. The van der Waals surface area contributed by atoms with E-state index in [1.807, 2.05) is 48.5 Å². The molecule has 0 aliphatic carbocycles. The van der Waals surface area contributed by atoms with E-state index in [1.165, 1.54) is 4.31 Å². The number of benzene rings is 2. The van der Waals surface area contributed by atoms with Gasteiger partial charge >= 0.3 is 0 Å². The van der Waals surface area contributed by atoms with Gasteiger partial charge < -0.3 is 19.3 Å². The summed E-state index contributed by atoms with van der Waals surface area (Å²) in [6, 6.07) is 14.6. The molecule has 2 aromatic rings. The Morgan fingerprint density at radius 2 is 1.59 bits per heavy atom. The molecule has 2 aromatic carbocycles. The number of aliphatic hydroxyl groups excluding tert-OH is 1. The normalized spacial score (nSPS) is 17.9. The summed E-state index contributed by atoms with van der Waals surface area (Å²) < 4.78 is 45.7. The first-order chi connectivity index (χ1) is 16.4. The van der Waals surface area contributed by atoms with Gasteiger partial charge in [0.1, 0.15) is 16.7 Å². The van der Waals surface area contributed by atoms with Crippen molar-refractivity contribution in [1.29, 1.82) is 0 Å². The van der Waals surface area contributed by atoms with Gasteiger partial charge in [0.15, 0.2) is 0 Å². The van der Waals surface area contributed by atoms with Gasteiger partial charge in [0.2, 0.25) is 10.0 Å². The Bertz CT molecular complexity index is 951. The summed E-state index contributed by atoms with van der Waals surface area (Å²) in [7, 11) is -0.728. The number of rotatable bonds is 13. The number of nitrogens with zero attached hydrogens (tertiary/aromatic N) is 1. The van der Waals surface area contributed by atoms with Crippen LogP contribution in [0.4, 0.5) is 0 Å². The molecule has 34 heavy (non-hydrogen) atoms. The average Bonchev–Trinajstić information content (AvgIpc) is 3.36. The topological polar surface area (TPSA) is 85.3 Å². The Labute approximate surface area is 203 Å². The zero-order chi connectivity index (χ0) is 24.6. The first-order valence-corrected chi connectivity index (χ1v) is 13.0. The highest BCUT2D eigenvalue weighted by molar-refractivity contribution is 7.89. The third-order valence-electron chi connectivity index (χ3n) is 6.13. The fourth-order valence-corrected chi connectivity index (χ4v) is 6.19. The van der Waals surface area contributed by atoms with E-state index in [-0.39, 0.29) is 32.0 Å². The Morgan fingerprint density at radius 1 is 1.06 bits per heavy atom. The molecular formula is C26H35NO6S. The summed E-state index contributed by atoms with van der Waals surface area (Å²) in [5, 5.41) is 9.86. The molecule has 1 N–H and O–H groups in total. The van der Waals surface area contributed by atoms with Crippen molar-refractivity contribution >= 4 is 10.0 Å². The van der Waals surface area contributed by atoms with E-state index < -0.39 is 21.4 Å². The molecule has 0 bridgehead atoms. The number of methoxy groups -OCH3 is 2. The molecule has 0 saturated carbocycles. The number of hydrogen-bond acceptors (Lipinski definition) is 6. The second-order valence-corrected chi connectivity index (χ2v) is 10.7. The average molecular weight is 490 g/mol. The molecule has 0 radical (unpaired) electrons. The highest BCUT2D eigenvalue weighted by Crippen LogP contribution is 2.28. The van der Waals surface area contributed by atoms with Crippen molar-refractivity contribution < 1.29 is 27.7 Å². The van der Waals surface area contributed by atoms with Crippen LogP contribution >= 0.6 is 0 Å². The molecule has 1 heterocycles. The van der Waals surface area contributed by atoms with Crippen LogP contribution in [-0.2, 0) is 27.8 Å². The van der Waals surface area contributed by atoms with Crippen molar-refractivity contribution in [2.24, 2.45) is 0 Å². The van der Waals surface area contributed by atoms with Crippen molar-refractivity contribution in [1.82, 2.24) is 4.31 Å². The lowest BCUT2D eigenvalue weighted by atomic mass is 10.1. The van der Waals surface area contributed by atoms with Crippen LogP contribution in [0.2, 0.25) is 0 Å². The van der Waals surface area contributed by atoms with Gasteiger partial charge in [0.25, 0.3) is 0 Å². The molecule has 1 aliphatic heterocycles. The lowest BCUT2D eigenvalue weighted by molar-refractivity contribution is 0.0824. The molecule has 0 aromatic heterocycles. The maximum atomic E-state index is 14.0. The van der Waals surface area contributed by atoms with Gasteiger partial charge in [-0.2, -0.15) is 4.31 Å². The minimum absolute atomic E-state index is 0.168. The molecule has 3 atom stereocenters. The van der Waals surface area contributed by atoms with Gasteiger partial charge in [0, 0.05) is 19.7 Å². The van der Waals surface area contributed by atoms with Crippen molar-refractivity contribution in [2.45, 2.75) is 56.2 Å². The molecule has 186 valence electrons. The zero-order valence-corrected chi connectivity index (χ0v) is 20.7. The summed E-state index contributed by atoms with van der Waals surface area (Å²) in [5.74, 6) is 1.40. The highest BCUT2D eigenvalue weighted by atomic mass is 32.2. The second-order valence-electron chi connectivity index (χ2n) is 8.51. The summed E-state index contributed by atoms with van der Waals surface area (Å²) in [6.45, 7) is 4.64. The van der Waals surface area contributed by atoms with E-state index in [0.29, 0.717) is 18.1 Å². The Kier molecular flexibility index (Phi) is 9.53. The predicted octanol–water partition coefficient (Wildman–Crippen LogP) is 3.91. The molecule has 0 spiro atoms. The number of sulfonamides is 1. The standard InChI is InChI=1S/C26H35NO6S/c1-4-6-25(28)26(17-24-7-5-16-33-24)34(29,30)27(18-20-8-12-22(31-2)13-9-20)19-21-10-14-23(32-3)15-11-21/h4,8-15,24-26,28H,1,5-7,16-19H2,2-3H3/t24-,25+,26-/m1/s1. The van der Waals surface area contributed by atoms with E-state index in [1.54, 1.807) is 20.3 Å². The fourth-order valence-electron chi connectivity index (χ4n) is 4.19. The lowest BCUT2D eigenvalue weighted by Crippen LogP contribution is -2.45. The summed E-state index contributed by atoms with van der Waals surface area (Å²) in [5.41, 5.74) is 1.65. The molecular weight excluding hydrogens is 454 g/mol. The van der Waals surface area contributed by atoms with Crippen molar-refractivity contribution in [3.05, 3.63) is 72.3 Å². The number of aliphatic hydroxyl groups is 1. The first kappa shape index (κ1) is 26.2. The SMILES string of the molecule is C=CC[C@H](O)[C@@H](C[C@H]1CCCO1)S(=O)(=O)N(Cc1ccc(OC)cc1)Cc1ccc(OC)cc1. The fraction of sp³-hybridized carbons (Fsp3) is 0.462. The maximum Gasteiger partial charge on any atom is 0.220 e. The van der Waals surface area contributed by atoms with Gasteiger partial charge in [0.05, 0.1) is 26.4 Å². The monoisotopic (exact) mass is 489 g/mol. The van der Waals surface area contributed by atoms with Crippen molar-refractivity contribution in [3.63, 3.8) is 0 Å². The van der Waals surface area contributed by atoms with Gasteiger partial charge in [-0.1, -0.05) is 30.3 Å². The minimum Gasteiger partial charge on any atom is -0.497 e. The van der Waals surface area contributed by atoms with E-state index >= 15 is 0 Å².